The summed E-state index contributed by atoms with van der Waals surface area (Å²) in [6.07, 6.45) is 1.90. The molecule has 0 saturated carbocycles. The number of anilines is 1. The first-order chi connectivity index (χ1) is 13.0. The Hall–Kier alpha value is -2.38. The molecule has 2 aromatic rings. The number of hydrogen-bond acceptors (Lipinski definition) is 3. The molecule has 3 rings (SSSR count). The zero-order valence-corrected chi connectivity index (χ0v) is 14.8. The number of ether oxygens (including phenoxy) is 1. The Kier molecular flexibility index (Phi) is 6.47. The molecule has 0 bridgehead atoms. The second kappa shape index (κ2) is 9.01. The van der Waals surface area contributed by atoms with Crippen molar-refractivity contribution in [3.05, 3.63) is 65.5 Å². The highest BCUT2D eigenvalue weighted by Crippen LogP contribution is 2.17. The van der Waals surface area contributed by atoms with E-state index in [-0.39, 0.29) is 30.1 Å². The standard InChI is InChI=1S/C20H21F3N2O2/c21-15-4-1-3-14(9-15)11-25(12-17-5-2-8-27-17)13-20(26)24-16-6-7-18(22)19(23)10-16/h1,3-4,6-7,9-10,17H,2,5,8,11-13H2,(H,24,26). The fourth-order valence-corrected chi connectivity index (χ4v) is 3.13. The van der Waals surface area contributed by atoms with Gasteiger partial charge in [0.15, 0.2) is 11.6 Å². The van der Waals surface area contributed by atoms with E-state index >= 15 is 0 Å². The van der Waals surface area contributed by atoms with Gasteiger partial charge in [0.05, 0.1) is 12.6 Å². The SMILES string of the molecule is O=C(CN(Cc1cccc(F)c1)CC1CCCO1)Nc1ccc(F)c(F)c1. The molecule has 0 spiro atoms. The van der Waals surface area contributed by atoms with E-state index < -0.39 is 11.6 Å². The summed E-state index contributed by atoms with van der Waals surface area (Å²) in [4.78, 5) is 14.2. The van der Waals surface area contributed by atoms with E-state index in [1.165, 1.54) is 18.2 Å². The number of amides is 1. The maximum absolute atomic E-state index is 13.5. The largest absolute Gasteiger partial charge is 0.377 e. The molecule has 27 heavy (non-hydrogen) atoms. The van der Waals surface area contributed by atoms with Gasteiger partial charge < -0.3 is 10.1 Å². The summed E-state index contributed by atoms with van der Waals surface area (Å²) < 4.78 is 45.4. The number of halogens is 3. The minimum atomic E-state index is -1.02. The number of carbonyl (C=O) groups is 1. The van der Waals surface area contributed by atoms with Crippen LogP contribution in [0.25, 0.3) is 0 Å². The minimum absolute atomic E-state index is 0.0228. The Morgan fingerprint density at radius 1 is 1.15 bits per heavy atom. The van der Waals surface area contributed by atoms with Gasteiger partial charge in [0, 0.05) is 31.5 Å². The summed E-state index contributed by atoms with van der Waals surface area (Å²) in [7, 11) is 0. The van der Waals surface area contributed by atoms with E-state index in [9.17, 15) is 18.0 Å². The van der Waals surface area contributed by atoms with Crippen molar-refractivity contribution in [3.63, 3.8) is 0 Å². The lowest BCUT2D eigenvalue weighted by atomic mass is 10.1. The van der Waals surface area contributed by atoms with Gasteiger partial charge in [-0.1, -0.05) is 12.1 Å². The highest BCUT2D eigenvalue weighted by Gasteiger charge is 2.21. The van der Waals surface area contributed by atoms with E-state index in [2.05, 4.69) is 5.32 Å². The van der Waals surface area contributed by atoms with Crippen molar-refractivity contribution in [1.82, 2.24) is 4.90 Å². The third-order valence-electron chi connectivity index (χ3n) is 4.35. The van der Waals surface area contributed by atoms with Gasteiger partial charge in [-0.3, -0.25) is 9.69 Å². The smallest absolute Gasteiger partial charge is 0.238 e. The van der Waals surface area contributed by atoms with Gasteiger partial charge in [0.1, 0.15) is 5.82 Å². The first-order valence-corrected chi connectivity index (χ1v) is 8.83. The molecular formula is C20H21F3N2O2. The Bertz CT molecular complexity index is 795. The zero-order valence-electron chi connectivity index (χ0n) is 14.8. The lowest BCUT2D eigenvalue weighted by molar-refractivity contribution is -0.117. The number of benzene rings is 2. The lowest BCUT2D eigenvalue weighted by Gasteiger charge is -2.25. The molecule has 1 amide bonds. The fourth-order valence-electron chi connectivity index (χ4n) is 3.13. The second-order valence-corrected chi connectivity index (χ2v) is 6.61. The summed E-state index contributed by atoms with van der Waals surface area (Å²) in [6, 6.07) is 9.40. The summed E-state index contributed by atoms with van der Waals surface area (Å²) >= 11 is 0. The van der Waals surface area contributed by atoms with Gasteiger partial charge in [0.2, 0.25) is 5.91 Å². The highest BCUT2D eigenvalue weighted by atomic mass is 19.2. The Morgan fingerprint density at radius 2 is 2.00 bits per heavy atom. The van der Waals surface area contributed by atoms with Crippen molar-refractivity contribution >= 4 is 11.6 Å². The molecule has 0 aliphatic carbocycles. The third-order valence-corrected chi connectivity index (χ3v) is 4.35. The van der Waals surface area contributed by atoms with E-state index in [1.54, 1.807) is 12.1 Å². The third kappa shape index (κ3) is 5.80. The van der Waals surface area contributed by atoms with E-state index in [4.69, 9.17) is 4.74 Å². The van der Waals surface area contributed by atoms with Gasteiger partial charge >= 0.3 is 0 Å². The summed E-state index contributed by atoms with van der Waals surface area (Å²) in [5, 5.41) is 2.56. The van der Waals surface area contributed by atoms with Gasteiger partial charge in [-0.2, -0.15) is 0 Å². The van der Waals surface area contributed by atoms with E-state index in [0.29, 0.717) is 19.7 Å². The van der Waals surface area contributed by atoms with Crippen molar-refractivity contribution in [2.75, 3.05) is 25.0 Å². The van der Waals surface area contributed by atoms with Crippen molar-refractivity contribution < 1.29 is 22.7 Å². The van der Waals surface area contributed by atoms with E-state index in [1.807, 2.05) is 4.90 Å². The molecule has 0 radical (unpaired) electrons. The topological polar surface area (TPSA) is 41.6 Å². The molecule has 0 aromatic heterocycles. The van der Waals surface area contributed by atoms with Crippen LogP contribution in [0, 0.1) is 17.5 Å². The molecule has 1 heterocycles. The molecule has 4 nitrogen and oxygen atoms in total. The molecular weight excluding hydrogens is 357 g/mol. The number of hydrogen-bond donors (Lipinski definition) is 1. The molecule has 1 N–H and O–H groups in total. The van der Waals surface area contributed by atoms with Gasteiger partial charge in [-0.15, -0.1) is 0 Å². The van der Waals surface area contributed by atoms with Crippen LogP contribution < -0.4 is 5.32 Å². The first-order valence-electron chi connectivity index (χ1n) is 8.83. The van der Waals surface area contributed by atoms with Crippen LogP contribution in [0.5, 0.6) is 0 Å². The molecule has 1 aliphatic heterocycles. The molecule has 1 saturated heterocycles. The number of rotatable bonds is 7. The predicted molar refractivity (Wildman–Crippen MR) is 95.6 cm³/mol. The van der Waals surface area contributed by atoms with Crippen LogP contribution in [0.4, 0.5) is 18.9 Å². The normalized spacial score (nSPS) is 16.7. The average Bonchev–Trinajstić information content (AvgIpc) is 3.11. The molecule has 2 aromatic carbocycles. The molecule has 1 fully saturated rings. The number of nitrogens with one attached hydrogen (secondary N) is 1. The molecule has 144 valence electrons. The quantitative estimate of drug-likeness (QED) is 0.798. The van der Waals surface area contributed by atoms with Crippen LogP contribution in [-0.2, 0) is 16.1 Å². The monoisotopic (exact) mass is 378 g/mol. The molecule has 1 atom stereocenters. The number of nitrogens with zero attached hydrogens (tertiary/aromatic N) is 1. The van der Waals surface area contributed by atoms with Gasteiger partial charge in [-0.05, 0) is 42.7 Å². The van der Waals surface area contributed by atoms with Crippen LogP contribution in [0.2, 0.25) is 0 Å². The molecule has 1 aliphatic rings. The summed E-state index contributed by atoms with van der Waals surface area (Å²) in [5.41, 5.74) is 0.926. The van der Waals surface area contributed by atoms with Gasteiger partial charge in [-0.25, -0.2) is 13.2 Å². The minimum Gasteiger partial charge on any atom is -0.377 e. The first kappa shape index (κ1) is 19.4. The summed E-state index contributed by atoms with van der Waals surface area (Å²) in [6.45, 7) is 1.62. The maximum Gasteiger partial charge on any atom is 0.238 e. The zero-order chi connectivity index (χ0) is 19.2. The van der Waals surface area contributed by atoms with Crippen LogP contribution in [0.15, 0.2) is 42.5 Å². The predicted octanol–water partition coefficient (Wildman–Crippen LogP) is 3.72. The Morgan fingerprint density at radius 3 is 2.70 bits per heavy atom. The van der Waals surface area contributed by atoms with Crippen LogP contribution in [0.3, 0.4) is 0 Å². The molecule has 7 heteroatoms. The lowest BCUT2D eigenvalue weighted by Crippen LogP contribution is -2.38. The van der Waals surface area contributed by atoms with Crippen molar-refractivity contribution in [2.45, 2.75) is 25.5 Å². The molecule has 1 unspecified atom stereocenters. The maximum atomic E-state index is 13.5. The van der Waals surface area contributed by atoms with E-state index in [0.717, 1.165) is 30.5 Å². The second-order valence-electron chi connectivity index (χ2n) is 6.61. The Labute approximate surface area is 155 Å². The average molecular weight is 378 g/mol. The summed E-state index contributed by atoms with van der Waals surface area (Å²) in [5.74, 6) is -2.70. The van der Waals surface area contributed by atoms with Crippen molar-refractivity contribution in [3.8, 4) is 0 Å². The van der Waals surface area contributed by atoms with Crippen LogP contribution >= 0.6 is 0 Å². The van der Waals surface area contributed by atoms with Crippen LogP contribution in [0.1, 0.15) is 18.4 Å². The van der Waals surface area contributed by atoms with Crippen molar-refractivity contribution in [1.29, 1.82) is 0 Å². The fraction of sp³-hybridized carbons (Fsp3) is 0.350. The van der Waals surface area contributed by atoms with Crippen molar-refractivity contribution in [2.24, 2.45) is 0 Å². The highest BCUT2D eigenvalue weighted by molar-refractivity contribution is 5.92. The van der Waals surface area contributed by atoms with Gasteiger partial charge in [0.25, 0.3) is 0 Å². The number of carbonyl (C=O) groups excluding carboxylic acids is 1. The van der Waals surface area contributed by atoms with Crippen LogP contribution in [-0.4, -0.2) is 36.6 Å². The Balaban J connectivity index is 1.65.